The van der Waals surface area contributed by atoms with Crippen molar-refractivity contribution in [2.45, 2.75) is 6.04 Å². The summed E-state index contributed by atoms with van der Waals surface area (Å²) in [5.41, 5.74) is 0.696. The lowest BCUT2D eigenvalue weighted by Crippen LogP contribution is -2.29. The molecule has 0 aliphatic carbocycles. The van der Waals surface area contributed by atoms with E-state index in [0.717, 1.165) is 17.0 Å². The molecule has 0 bridgehead atoms. The molecule has 1 N–H and O–H groups in total. The van der Waals surface area contributed by atoms with Crippen LogP contribution in [0.25, 0.3) is 5.76 Å². The van der Waals surface area contributed by atoms with E-state index in [1.165, 1.54) is 13.2 Å². The first-order valence-corrected chi connectivity index (χ1v) is 9.38. The molecule has 1 aliphatic heterocycles. The van der Waals surface area contributed by atoms with Crippen LogP contribution in [0.3, 0.4) is 0 Å². The first-order chi connectivity index (χ1) is 14.9. The first-order valence-electron chi connectivity index (χ1n) is 9.38. The monoisotopic (exact) mass is 421 g/mol. The maximum atomic E-state index is 13.9. The van der Waals surface area contributed by atoms with Crippen molar-refractivity contribution >= 4 is 23.1 Å². The smallest absolute Gasteiger partial charge is 0.300 e. The van der Waals surface area contributed by atoms with Gasteiger partial charge in [0.25, 0.3) is 11.7 Å². The number of ether oxygens (including phenoxy) is 1. The number of aliphatic hydroxyl groups is 1. The number of hydrogen-bond acceptors (Lipinski definition) is 4. The van der Waals surface area contributed by atoms with E-state index < -0.39 is 29.4 Å². The fourth-order valence-electron chi connectivity index (χ4n) is 3.59. The van der Waals surface area contributed by atoms with E-state index in [2.05, 4.69) is 0 Å². The molecule has 1 saturated heterocycles. The van der Waals surface area contributed by atoms with Gasteiger partial charge in [0, 0.05) is 17.3 Å². The van der Waals surface area contributed by atoms with Crippen molar-refractivity contribution in [1.29, 1.82) is 0 Å². The highest BCUT2D eigenvalue weighted by Crippen LogP contribution is 2.42. The quantitative estimate of drug-likeness (QED) is 0.380. The maximum absolute atomic E-state index is 13.9. The topological polar surface area (TPSA) is 66.8 Å². The molecule has 7 heteroatoms. The van der Waals surface area contributed by atoms with Crippen LogP contribution in [0.5, 0.6) is 5.75 Å². The lowest BCUT2D eigenvalue weighted by atomic mass is 9.95. The molecule has 3 aromatic rings. The first kappa shape index (κ1) is 20.3. The Balaban J connectivity index is 1.92. The van der Waals surface area contributed by atoms with Gasteiger partial charge in [-0.25, -0.2) is 8.78 Å². The van der Waals surface area contributed by atoms with Crippen LogP contribution in [-0.4, -0.2) is 23.9 Å². The number of hydrogen-bond donors (Lipinski definition) is 1. The second-order valence-corrected chi connectivity index (χ2v) is 6.91. The number of halogens is 2. The second-order valence-electron chi connectivity index (χ2n) is 6.91. The van der Waals surface area contributed by atoms with Crippen molar-refractivity contribution in [3.8, 4) is 5.75 Å². The molecule has 1 atom stereocenters. The largest absolute Gasteiger partial charge is 0.507 e. The summed E-state index contributed by atoms with van der Waals surface area (Å²) in [6.07, 6.45) is 0. The third-order valence-electron chi connectivity index (χ3n) is 5.10. The van der Waals surface area contributed by atoms with E-state index in [9.17, 15) is 23.5 Å². The zero-order valence-corrected chi connectivity index (χ0v) is 16.4. The van der Waals surface area contributed by atoms with Gasteiger partial charge in [0.2, 0.25) is 0 Å². The Morgan fingerprint density at radius 2 is 1.61 bits per heavy atom. The highest BCUT2D eigenvalue weighted by atomic mass is 19.2. The number of carbonyl (C=O) groups excluding carboxylic acids is 2. The van der Waals surface area contributed by atoms with Crippen molar-refractivity contribution in [3.05, 3.63) is 101 Å². The number of nitrogens with zero attached hydrogens (tertiary/aromatic N) is 1. The Bertz CT molecular complexity index is 1190. The molecule has 5 nitrogen and oxygen atoms in total. The van der Waals surface area contributed by atoms with E-state index in [4.69, 9.17) is 4.74 Å². The Hall–Kier alpha value is -4.00. The van der Waals surface area contributed by atoms with E-state index in [-0.39, 0.29) is 17.0 Å². The van der Waals surface area contributed by atoms with Crippen LogP contribution in [0.1, 0.15) is 17.2 Å². The van der Waals surface area contributed by atoms with E-state index >= 15 is 0 Å². The molecule has 1 fully saturated rings. The molecule has 1 aliphatic rings. The Morgan fingerprint density at radius 1 is 0.935 bits per heavy atom. The molecule has 31 heavy (non-hydrogen) atoms. The van der Waals surface area contributed by atoms with E-state index in [1.54, 1.807) is 54.6 Å². The van der Waals surface area contributed by atoms with Crippen LogP contribution < -0.4 is 9.64 Å². The van der Waals surface area contributed by atoms with Crippen molar-refractivity contribution in [3.63, 3.8) is 0 Å². The summed E-state index contributed by atoms with van der Waals surface area (Å²) >= 11 is 0. The summed E-state index contributed by atoms with van der Waals surface area (Å²) < 4.78 is 32.5. The van der Waals surface area contributed by atoms with Gasteiger partial charge < -0.3 is 9.84 Å². The lowest BCUT2D eigenvalue weighted by molar-refractivity contribution is -0.132. The number of ketones is 1. The molecular weight excluding hydrogens is 404 g/mol. The van der Waals surface area contributed by atoms with Crippen molar-refractivity contribution in [2.75, 3.05) is 12.0 Å². The van der Waals surface area contributed by atoms with E-state index in [1.807, 2.05) is 0 Å². The summed E-state index contributed by atoms with van der Waals surface area (Å²) in [4.78, 5) is 27.0. The normalized spacial score (nSPS) is 17.8. The summed E-state index contributed by atoms with van der Waals surface area (Å²) in [6, 6.07) is 16.8. The number of methoxy groups -OCH3 is 1. The van der Waals surface area contributed by atoms with Crippen molar-refractivity contribution in [1.82, 2.24) is 0 Å². The third kappa shape index (κ3) is 3.54. The predicted octanol–water partition coefficient (Wildman–Crippen LogP) is 4.60. The second kappa shape index (κ2) is 8.02. The zero-order valence-electron chi connectivity index (χ0n) is 16.4. The minimum absolute atomic E-state index is 0.00336. The number of amides is 1. The van der Waals surface area contributed by atoms with Gasteiger partial charge in [-0.15, -0.1) is 0 Å². The third-order valence-corrected chi connectivity index (χ3v) is 5.10. The van der Waals surface area contributed by atoms with Crippen molar-refractivity contribution < 1.29 is 28.2 Å². The molecule has 4 rings (SSSR count). The summed E-state index contributed by atoms with van der Waals surface area (Å²) in [5, 5.41) is 11.0. The molecule has 1 amide bonds. The summed E-state index contributed by atoms with van der Waals surface area (Å²) in [5.74, 6) is -3.92. The molecule has 156 valence electrons. The fraction of sp³-hybridized carbons (Fsp3) is 0.0833. The van der Waals surface area contributed by atoms with Gasteiger partial charge in [-0.2, -0.15) is 0 Å². The molecule has 0 spiro atoms. The standard InChI is InChI=1S/C24H17F2NO4/c1-31-17-10-7-15(8-11-17)22(28)20-21(14-5-3-2-4-6-14)27(24(30)23(20)29)16-9-12-18(25)19(26)13-16/h2-13,21,28H,1H3/b22-20+. The molecule has 1 unspecified atom stereocenters. The van der Waals surface area contributed by atoms with Gasteiger partial charge in [0.1, 0.15) is 11.5 Å². The van der Waals surface area contributed by atoms with Gasteiger partial charge in [-0.05, 0) is 42.0 Å². The number of rotatable bonds is 4. The van der Waals surface area contributed by atoms with Crippen LogP contribution >= 0.6 is 0 Å². The van der Waals surface area contributed by atoms with Crippen LogP contribution in [0.15, 0.2) is 78.4 Å². The molecular formula is C24H17F2NO4. The summed E-state index contributed by atoms with van der Waals surface area (Å²) in [7, 11) is 1.50. The highest BCUT2D eigenvalue weighted by Gasteiger charge is 2.47. The number of anilines is 1. The maximum Gasteiger partial charge on any atom is 0.300 e. The number of aliphatic hydroxyl groups excluding tert-OH is 1. The number of benzene rings is 3. The average molecular weight is 421 g/mol. The van der Waals surface area contributed by atoms with Gasteiger partial charge >= 0.3 is 0 Å². The van der Waals surface area contributed by atoms with Gasteiger partial charge in [-0.1, -0.05) is 30.3 Å². The minimum atomic E-state index is -1.15. The summed E-state index contributed by atoms with van der Waals surface area (Å²) in [6.45, 7) is 0. The van der Waals surface area contributed by atoms with Crippen LogP contribution in [0, 0.1) is 11.6 Å². The zero-order chi connectivity index (χ0) is 22.1. The minimum Gasteiger partial charge on any atom is -0.507 e. The van der Waals surface area contributed by atoms with Gasteiger partial charge in [0.15, 0.2) is 11.6 Å². The number of carbonyl (C=O) groups is 2. The molecule has 0 radical (unpaired) electrons. The number of Topliss-reactive ketones (excluding diaryl/α,β-unsaturated/α-hetero) is 1. The van der Waals surface area contributed by atoms with Crippen LogP contribution in [0.2, 0.25) is 0 Å². The Kier molecular flexibility index (Phi) is 5.25. The van der Waals surface area contributed by atoms with Gasteiger partial charge in [0.05, 0.1) is 18.7 Å². The molecule has 0 aromatic heterocycles. The predicted molar refractivity (Wildman–Crippen MR) is 111 cm³/mol. The Morgan fingerprint density at radius 3 is 2.23 bits per heavy atom. The lowest BCUT2D eigenvalue weighted by Gasteiger charge is -2.25. The van der Waals surface area contributed by atoms with Crippen LogP contribution in [-0.2, 0) is 9.59 Å². The molecule has 1 heterocycles. The Labute approximate surface area is 176 Å². The molecule has 0 saturated carbocycles. The fourth-order valence-corrected chi connectivity index (χ4v) is 3.59. The van der Waals surface area contributed by atoms with E-state index in [0.29, 0.717) is 16.9 Å². The van der Waals surface area contributed by atoms with Crippen LogP contribution in [0.4, 0.5) is 14.5 Å². The average Bonchev–Trinajstić information content (AvgIpc) is 3.06. The molecule has 3 aromatic carbocycles. The highest BCUT2D eigenvalue weighted by molar-refractivity contribution is 6.51. The van der Waals surface area contributed by atoms with Crippen molar-refractivity contribution in [2.24, 2.45) is 0 Å². The SMILES string of the molecule is COc1ccc(/C(O)=C2\C(=O)C(=O)N(c3ccc(F)c(F)c3)C2c2ccccc2)cc1. The van der Waals surface area contributed by atoms with Gasteiger partial charge in [-0.3, -0.25) is 14.5 Å².